The average Bonchev–Trinajstić information content (AvgIpc) is 2.39. The van der Waals surface area contributed by atoms with Crippen molar-refractivity contribution in [2.75, 3.05) is 18.0 Å². The Morgan fingerprint density at radius 3 is 2.63 bits per heavy atom. The lowest BCUT2D eigenvalue weighted by Gasteiger charge is -2.34. The molecular weight excluding hydrogens is 238 g/mol. The summed E-state index contributed by atoms with van der Waals surface area (Å²) in [5, 5.41) is 0. The van der Waals surface area contributed by atoms with Crippen molar-refractivity contribution in [2.45, 2.75) is 32.7 Å². The molecule has 0 unspecified atom stereocenters. The van der Waals surface area contributed by atoms with E-state index in [0.29, 0.717) is 18.9 Å². The number of anilines is 1. The first-order chi connectivity index (χ1) is 9.10. The highest BCUT2D eigenvalue weighted by molar-refractivity contribution is 5.74. The molecule has 0 aromatic heterocycles. The van der Waals surface area contributed by atoms with Gasteiger partial charge in [0, 0.05) is 31.7 Å². The van der Waals surface area contributed by atoms with Crippen LogP contribution in [0, 0.1) is 12.8 Å². The van der Waals surface area contributed by atoms with Crippen LogP contribution < -0.4 is 16.4 Å². The third-order valence-corrected chi connectivity index (χ3v) is 3.91. The van der Waals surface area contributed by atoms with Gasteiger partial charge in [0.2, 0.25) is 5.91 Å². The number of carbonyl (C=O) groups is 1. The third-order valence-electron chi connectivity index (χ3n) is 3.91. The number of piperidine rings is 1. The molecule has 0 atom stereocenters. The van der Waals surface area contributed by atoms with E-state index in [1.54, 1.807) is 0 Å². The summed E-state index contributed by atoms with van der Waals surface area (Å²) in [4.78, 5) is 13.3. The molecule has 1 aromatic carbocycles. The number of carbonyl (C=O) groups excluding carboxylic acids is 1. The molecule has 0 radical (unpaired) electrons. The molecule has 1 amide bonds. The molecule has 1 aliphatic rings. The van der Waals surface area contributed by atoms with Crippen LogP contribution in [-0.4, -0.2) is 19.0 Å². The van der Waals surface area contributed by atoms with Crippen LogP contribution in [0.25, 0.3) is 0 Å². The molecule has 0 bridgehead atoms. The van der Waals surface area contributed by atoms with Crippen LogP contribution in [0.1, 0.15) is 30.4 Å². The van der Waals surface area contributed by atoms with Crippen LogP contribution in [0.15, 0.2) is 18.2 Å². The van der Waals surface area contributed by atoms with E-state index in [1.165, 1.54) is 16.8 Å². The average molecular weight is 261 g/mol. The van der Waals surface area contributed by atoms with Gasteiger partial charge >= 0.3 is 0 Å². The number of aryl methyl sites for hydroxylation is 1. The summed E-state index contributed by atoms with van der Waals surface area (Å²) in [6, 6.07) is 6.42. The van der Waals surface area contributed by atoms with E-state index >= 15 is 0 Å². The fourth-order valence-electron chi connectivity index (χ4n) is 2.80. The van der Waals surface area contributed by atoms with Crippen LogP contribution in [0.4, 0.5) is 5.69 Å². The fourth-order valence-corrected chi connectivity index (χ4v) is 2.80. The SMILES string of the molecule is Cc1ccc(CN)c(N2CCC(CC(N)=O)CC2)c1. The highest BCUT2D eigenvalue weighted by atomic mass is 16.1. The lowest BCUT2D eigenvalue weighted by atomic mass is 9.92. The van der Waals surface area contributed by atoms with Crippen molar-refractivity contribution >= 4 is 11.6 Å². The van der Waals surface area contributed by atoms with Crippen LogP contribution in [0.5, 0.6) is 0 Å². The molecule has 1 saturated heterocycles. The molecule has 0 spiro atoms. The molecule has 0 aliphatic carbocycles. The highest BCUT2D eigenvalue weighted by Gasteiger charge is 2.22. The predicted octanol–water partition coefficient (Wildman–Crippen LogP) is 1.55. The van der Waals surface area contributed by atoms with Gasteiger partial charge in [-0.2, -0.15) is 0 Å². The Morgan fingerprint density at radius 1 is 1.37 bits per heavy atom. The largest absolute Gasteiger partial charge is 0.371 e. The summed E-state index contributed by atoms with van der Waals surface area (Å²) in [6.07, 6.45) is 2.58. The molecule has 1 aliphatic heterocycles. The van der Waals surface area contributed by atoms with Crippen molar-refractivity contribution < 1.29 is 4.79 Å². The maximum atomic E-state index is 11.0. The van der Waals surface area contributed by atoms with E-state index in [2.05, 4.69) is 30.0 Å². The maximum Gasteiger partial charge on any atom is 0.217 e. The van der Waals surface area contributed by atoms with E-state index in [0.717, 1.165) is 25.9 Å². The lowest BCUT2D eigenvalue weighted by Crippen LogP contribution is -2.35. The lowest BCUT2D eigenvalue weighted by molar-refractivity contribution is -0.119. The molecule has 4 heteroatoms. The number of nitrogens with zero attached hydrogens (tertiary/aromatic N) is 1. The zero-order valence-corrected chi connectivity index (χ0v) is 11.6. The molecule has 4 nitrogen and oxygen atoms in total. The zero-order chi connectivity index (χ0) is 13.8. The number of primary amides is 1. The van der Waals surface area contributed by atoms with Crippen LogP contribution >= 0.6 is 0 Å². The van der Waals surface area contributed by atoms with Gasteiger partial charge in [-0.3, -0.25) is 4.79 Å². The van der Waals surface area contributed by atoms with Gasteiger partial charge in [-0.25, -0.2) is 0 Å². The van der Waals surface area contributed by atoms with Crippen molar-refractivity contribution in [3.63, 3.8) is 0 Å². The number of nitrogens with two attached hydrogens (primary N) is 2. The van der Waals surface area contributed by atoms with Crippen molar-refractivity contribution in [3.05, 3.63) is 29.3 Å². The van der Waals surface area contributed by atoms with Crippen molar-refractivity contribution in [2.24, 2.45) is 17.4 Å². The first-order valence-electron chi connectivity index (χ1n) is 6.93. The van der Waals surface area contributed by atoms with E-state index in [9.17, 15) is 4.79 Å². The summed E-state index contributed by atoms with van der Waals surface area (Å²) < 4.78 is 0. The smallest absolute Gasteiger partial charge is 0.217 e. The molecule has 19 heavy (non-hydrogen) atoms. The Balaban J connectivity index is 2.05. The van der Waals surface area contributed by atoms with Crippen LogP contribution in [-0.2, 0) is 11.3 Å². The second kappa shape index (κ2) is 6.06. The molecule has 1 fully saturated rings. The Morgan fingerprint density at radius 2 is 2.05 bits per heavy atom. The number of hydrogen-bond acceptors (Lipinski definition) is 3. The number of rotatable bonds is 4. The molecule has 0 saturated carbocycles. The van der Waals surface area contributed by atoms with Gasteiger partial charge in [-0.1, -0.05) is 12.1 Å². The number of hydrogen-bond donors (Lipinski definition) is 2. The minimum Gasteiger partial charge on any atom is -0.371 e. The van der Waals surface area contributed by atoms with Gasteiger partial charge in [0.25, 0.3) is 0 Å². The maximum absolute atomic E-state index is 11.0. The van der Waals surface area contributed by atoms with E-state index in [1.807, 2.05) is 0 Å². The quantitative estimate of drug-likeness (QED) is 0.863. The van der Waals surface area contributed by atoms with E-state index in [4.69, 9.17) is 11.5 Å². The summed E-state index contributed by atoms with van der Waals surface area (Å²) in [7, 11) is 0. The van der Waals surface area contributed by atoms with Crippen molar-refractivity contribution in [1.82, 2.24) is 0 Å². The first kappa shape index (κ1) is 13.9. The second-order valence-electron chi connectivity index (χ2n) is 5.44. The molecule has 1 heterocycles. The normalized spacial score (nSPS) is 16.6. The first-order valence-corrected chi connectivity index (χ1v) is 6.93. The Bertz CT molecular complexity index is 451. The van der Waals surface area contributed by atoms with Gasteiger partial charge in [0.15, 0.2) is 0 Å². The summed E-state index contributed by atoms with van der Waals surface area (Å²) in [5.74, 6) is 0.261. The highest BCUT2D eigenvalue weighted by Crippen LogP contribution is 2.28. The minimum absolute atomic E-state index is 0.184. The van der Waals surface area contributed by atoms with Crippen LogP contribution in [0.2, 0.25) is 0 Å². The predicted molar refractivity (Wildman–Crippen MR) is 77.8 cm³/mol. The van der Waals surface area contributed by atoms with Gasteiger partial charge in [-0.05, 0) is 42.9 Å². The summed E-state index contributed by atoms with van der Waals surface area (Å²) >= 11 is 0. The monoisotopic (exact) mass is 261 g/mol. The molecule has 4 N–H and O–H groups in total. The third kappa shape index (κ3) is 3.47. The number of amides is 1. The number of benzene rings is 1. The molecular formula is C15H23N3O. The molecule has 1 aromatic rings. The Labute approximate surface area is 114 Å². The molecule has 2 rings (SSSR count). The molecule has 104 valence electrons. The summed E-state index contributed by atoms with van der Waals surface area (Å²) in [6.45, 7) is 4.63. The van der Waals surface area contributed by atoms with Gasteiger partial charge < -0.3 is 16.4 Å². The standard InChI is InChI=1S/C15H23N3O/c1-11-2-3-13(10-16)14(8-11)18-6-4-12(5-7-18)9-15(17)19/h2-3,8,12H,4-7,9-10,16H2,1H3,(H2,17,19). The topological polar surface area (TPSA) is 72.3 Å². The minimum atomic E-state index is -0.184. The van der Waals surface area contributed by atoms with Gasteiger partial charge in [0.05, 0.1) is 0 Å². The van der Waals surface area contributed by atoms with Crippen molar-refractivity contribution in [1.29, 1.82) is 0 Å². The van der Waals surface area contributed by atoms with Gasteiger partial charge in [-0.15, -0.1) is 0 Å². The van der Waals surface area contributed by atoms with E-state index < -0.39 is 0 Å². The second-order valence-corrected chi connectivity index (χ2v) is 5.44. The zero-order valence-electron chi connectivity index (χ0n) is 11.6. The Hall–Kier alpha value is -1.55. The van der Waals surface area contributed by atoms with E-state index in [-0.39, 0.29) is 5.91 Å². The van der Waals surface area contributed by atoms with Crippen molar-refractivity contribution in [3.8, 4) is 0 Å². The van der Waals surface area contributed by atoms with Crippen LogP contribution in [0.3, 0.4) is 0 Å². The Kier molecular flexibility index (Phi) is 4.43. The fraction of sp³-hybridized carbons (Fsp3) is 0.533. The van der Waals surface area contributed by atoms with Gasteiger partial charge in [0.1, 0.15) is 0 Å². The summed E-state index contributed by atoms with van der Waals surface area (Å²) in [5.41, 5.74) is 14.8.